The molecule has 1 rings (SSSR count). The van der Waals surface area contributed by atoms with Gasteiger partial charge in [-0.05, 0) is 23.7 Å². The van der Waals surface area contributed by atoms with E-state index in [2.05, 4.69) is 21.9 Å². The van der Waals surface area contributed by atoms with Crippen LogP contribution >= 0.6 is 11.6 Å². The summed E-state index contributed by atoms with van der Waals surface area (Å²) < 4.78 is 5.06. The van der Waals surface area contributed by atoms with Gasteiger partial charge in [-0.3, -0.25) is 0 Å². The molecular formula is C11H10ClN3O. The predicted octanol–water partition coefficient (Wildman–Crippen LogP) is 3.40. The van der Waals surface area contributed by atoms with Gasteiger partial charge < -0.3 is 4.74 Å². The van der Waals surface area contributed by atoms with Gasteiger partial charge in [0.05, 0.1) is 12.1 Å². The number of hydrogen-bond acceptors (Lipinski definition) is 2. The summed E-state index contributed by atoms with van der Waals surface area (Å²) in [5, 5.41) is 3.96. The van der Waals surface area contributed by atoms with Crippen LogP contribution in [0.15, 0.2) is 23.3 Å². The van der Waals surface area contributed by atoms with Crippen molar-refractivity contribution in [1.29, 1.82) is 0 Å². The lowest BCUT2D eigenvalue weighted by atomic mass is 10.2. The molecule has 0 fully saturated rings. The largest absolute Gasteiger partial charge is 0.497 e. The molecule has 4 nitrogen and oxygen atoms in total. The Bertz CT molecular complexity index is 470. The van der Waals surface area contributed by atoms with Crippen molar-refractivity contribution in [3.8, 4) is 17.6 Å². The van der Waals surface area contributed by atoms with Gasteiger partial charge in [0.2, 0.25) is 0 Å². The summed E-state index contributed by atoms with van der Waals surface area (Å²) in [4.78, 5) is 2.64. The third-order valence-corrected chi connectivity index (χ3v) is 2.13. The van der Waals surface area contributed by atoms with Crippen LogP contribution in [0.3, 0.4) is 0 Å². The molecule has 0 bridgehead atoms. The molecular weight excluding hydrogens is 226 g/mol. The highest BCUT2D eigenvalue weighted by molar-refractivity contribution is 6.31. The third-order valence-electron chi connectivity index (χ3n) is 1.80. The topological polar surface area (TPSA) is 58.0 Å². The van der Waals surface area contributed by atoms with Gasteiger partial charge in [0.15, 0.2) is 0 Å². The number of nitrogens with zero attached hydrogens (tertiary/aromatic N) is 3. The predicted molar refractivity (Wildman–Crippen MR) is 63.5 cm³/mol. The first-order valence-electron chi connectivity index (χ1n) is 4.61. The van der Waals surface area contributed by atoms with E-state index in [1.54, 1.807) is 25.3 Å². The van der Waals surface area contributed by atoms with Crippen LogP contribution in [0.4, 0.5) is 0 Å². The minimum absolute atomic E-state index is 0.366. The molecule has 0 N–H and O–H groups in total. The van der Waals surface area contributed by atoms with Crippen molar-refractivity contribution in [3.63, 3.8) is 0 Å². The minimum atomic E-state index is 0.366. The van der Waals surface area contributed by atoms with E-state index >= 15 is 0 Å². The number of rotatable bonds is 3. The quantitative estimate of drug-likeness (QED) is 0.260. The summed E-state index contributed by atoms with van der Waals surface area (Å²) in [6.45, 7) is 0.366. The van der Waals surface area contributed by atoms with E-state index in [9.17, 15) is 0 Å². The number of hydrogen-bond donors (Lipinski definition) is 0. The molecule has 0 aliphatic carbocycles. The fourth-order valence-electron chi connectivity index (χ4n) is 1.04. The van der Waals surface area contributed by atoms with Crippen LogP contribution in [0.5, 0.6) is 5.75 Å². The summed E-state index contributed by atoms with van der Waals surface area (Å²) in [5.41, 5.74) is 8.78. The Morgan fingerprint density at radius 2 is 2.38 bits per heavy atom. The zero-order chi connectivity index (χ0) is 11.8. The highest BCUT2D eigenvalue weighted by atomic mass is 35.5. The SMILES string of the molecule is COc1ccc(Cl)c(C#CCCN=[N+]=[N-])c1. The van der Waals surface area contributed by atoms with Crippen LogP contribution in [0.1, 0.15) is 12.0 Å². The Morgan fingerprint density at radius 1 is 1.56 bits per heavy atom. The van der Waals surface area contributed by atoms with Crippen LogP contribution in [0.25, 0.3) is 10.4 Å². The van der Waals surface area contributed by atoms with E-state index in [0.717, 1.165) is 0 Å². The molecule has 0 amide bonds. The second-order valence-corrected chi connectivity index (χ2v) is 3.26. The minimum Gasteiger partial charge on any atom is -0.497 e. The Morgan fingerprint density at radius 3 is 3.06 bits per heavy atom. The van der Waals surface area contributed by atoms with Gasteiger partial charge in [-0.15, -0.1) is 0 Å². The molecule has 0 aromatic heterocycles. The second kappa shape index (κ2) is 6.62. The summed E-state index contributed by atoms with van der Waals surface area (Å²) in [6, 6.07) is 5.27. The summed E-state index contributed by atoms with van der Waals surface area (Å²) in [6.07, 6.45) is 0.512. The van der Waals surface area contributed by atoms with E-state index in [0.29, 0.717) is 29.3 Å². The maximum absolute atomic E-state index is 8.07. The zero-order valence-corrected chi connectivity index (χ0v) is 9.53. The van der Waals surface area contributed by atoms with Crippen LogP contribution in [0, 0.1) is 11.8 Å². The van der Waals surface area contributed by atoms with Gasteiger partial charge in [-0.2, -0.15) is 0 Å². The molecule has 0 aliphatic heterocycles. The molecule has 16 heavy (non-hydrogen) atoms. The number of azide groups is 1. The van der Waals surface area contributed by atoms with Crippen LogP contribution in [0.2, 0.25) is 5.02 Å². The Labute approximate surface area is 98.8 Å². The van der Waals surface area contributed by atoms with Crippen molar-refractivity contribution >= 4 is 11.6 Å². The Kier molecular flexibility index (Phi) is 5.07. The maximum Gasteiger partial charge on any atom is 0.120 e. The average molecular weight is 236 g/mol. The second-order valence-electron chi connectivity index (χ2n) is 2.85. The van der Waals surface area contributed by atoms with Gasteiger partial charge in [0, 0.05) is 23.4 Å². The third kappa shape index (κ3) is 3.74. The first kappa shape index (κ1) is 12.3. The number of methoxy groups -OCH3 is 1. The molecule has 0 saturated carbocycles. The number of halogens is 1. The lowest BCUT2D eigenvalue weighted by Crippen LogP contribution is -1.84. The van der Waals surface area contributed by atoms with E-state index in [1.165, 1.54) is 0 Å². The van der Waals surface area contributed by atoms with Crippen LogP contribution in [-0.2, 0) is 0 Å². The van der Waals surface area contributed by atoms with Crippen molar-refractivity contribution < 1.29 is 4.74 Å². The van der Waals surface area contributed by atoms with Crippen molar-refractivity contribution in [3.05, 3.63) is 39.2 Å². The van der Waals surface area contributed by atoms with Crippen LogP contribution in [-0.4, -0.2) is 13.7 Å². The molecule has 0 aliphatic rings. The van der Waals surface area contributed by atoms with Crippen molar-refractivity contribution in [1.82, 2.24) is 0 Å². The average Bonchev–Trinajstić information content (AvgIpc) is 2.31. The van der Waals surface area contributed by atoms with E-state index in [1.807, 2.05) is 0 Å². The highest BCUT2D eigenvalue weighted by Gasteiger charge is 1.98. The van der Waals surface area contributed by atoms with Gasteiger partial charge in [0.25, 0.3) is 0 Å². The van der Waals surface area contributed by atoms with Gasteiger partial charge in [-0.25, -0.2) is 0 Å². The number of ether oxygens (including phenoxy) is 1. The van der Waals surface area contributed by atoms with Crippen molar-refractivity contribution in [2.24, 2.45) is 5.11 Å². The molecule has 0 unspecified atom stereocenters. The normalized spacial score (nSPS) is 8.62. The Hall–Kier alpha value is -1.82. The fourth-order valence-corrected chi connectivity index (χ4v) is 1.20. The lowest BCUT2D eigenvalue weighted by molar-refractivity contribution is 0.414. The van der Waals surface area contributed by atoms with E-state index in [-0.39, 0.29) is 0 Å². The molecule has 82 valence electrons. The molecule has 0 heterocycles. The van der Waals surface area contributed by atoms with Gasteiger partial charge in [-0.1, -0.05) is 28.6 Å². The molecule has 1 aromatic rings. The maximum atomic E-state index is 8.07. The van der Waals surface area contributed by atoms with E-state index < -0.39 is 0 Å². The van der Waals surface area contributed by atoms with Crippen LogP contribution < -0.4 is 4.74 Å². The van der Waals surface area contributed by atoms with Crippen molar-refractivity contribution in [2.45, 2.75) is 6.42 Å². The summed E-state index contributed by atoms with van der Waals surface area (Å²) >= 11 is 5.95. The molecule has 5 heteroatoms. The van der Waals surface area contributed by atoms with E-state index in [4.69, 9.17) is 21.9 Å². The first-order chi connectivity index (χ1) is 7.77. The number of benzene rings is 1. The lowest BCUT2D eigenvalue weighted by Gasteiger charge is -2.00. The zero-order valence-electron chi connectivity index (χ0n) is 8.77. The van der Waals surface area contributed by atoms with Gasteiger partial charge >= 0.3 is 0 Å². The Balaban J connectivity index is 2.74. The van der Waals surface area contributed by atoms with Crippen molar-refractivity contribution in [2.75, 3.05) is 13.7 Å². The smallest absolute Gasteiger partial charge is 0.120 e. The first-order valence-corrected chi connectivity index (χ1v) is 4.99. The molecule has 0 radical (unpaired) electrons. The monoisotopic (exact) mass is 235 g/mol. The standard InChI is InChI=1S/C11H10ClN3O/c1-16-10-5-6-11(12)9(8-10)4-2-3-7-14-15-13/h5-6,8H,3,7H2,1H3. The van der Waals surface area contributed by atoms with Gasteiger partial charge in [0.1, 0.15) is 5.75 Å². The molecule has 1 aromatic carbocycles. The molecule has 0 saturated heterocycles. The molecule has 0 atom stereocenters. The fraction of sp³-hybridized carbons (Fsp3) is 0.273. The highest BCUT2D eigenvalue weighted by Crippen LogP contribution is 2.20. The summed E-state index contributed by atoms with van der Waals surface area (Å²) in [5.74, 6) is 6.49. The summed E-state index contributed by atoms with van der Waals surface area (Å²) in [7, 11) is 1.59. The molecule has 0 spiro atoms.